The zero-order valence-electron chi connectivity index (χ0n) is 11.2. The number of aliphatic hydroxyl groups excluding tert-OH is 1. The van der Waals surface area contributed by atoms with Crippen LogP contribution in [-0.2, 0) is 6.61 Å². The van der Waals surface area contributed by atoms with Crippen LogP contribution in [0.4, 0.5) is 5.82 Å². The Labute approximate surface area is 104 Å². The maximum absolute atomic E-state index is 9.09. The molecule has 0 aliphatic heterocycles. The van der Waals surface area contributed by atoms with Gasteiger partial charge in [-0.25, -0.2) is 4.98 Å². The Morgan fingerprint density at radius 1 is 1.12 bits per heavy atom. The highest BCUT2D eigenvalue weighted by Gasteiger charge is 2.12. The molecular formula is C13H23N3O. The van der Waals surface area contributed by atoms with E-state index >= 15 is 0 Å². The van der Waals surface area contributed by atoms with Crippen molar-refractivity contribution in [3.8, 4) is 0 Å². The van der Waals surface area contributed by atoms with Crippen molar-refractivity contribution in [2.24, 2.45) is 11.8 Å². The Hall–Kier alpha value is -1.16. The van der Waals surface area contributed by atoms with Gasteiger partial charge in [0.15, 0.2) is 0 Å². The number of rotatable bonds is 6. The van der Waals surface area contributed by atoms with Crippen LogP contribution in [0.2, 0.25) is 0 Å². The molecule has 0 aliphatic carbocycles. The third-order valence-corrected chi connectivity index (χ3v) is 2.33. The molecule has 0 atom stereocenters. The van der Waals surface area contributed by atoms with Crippen molar-refractivity contribution in [2.75, 3.05) is 18.0 Å². The molecule has 17 heavy (non-hydrogen) atoms. The highest BCUT2D eigenvalue weighted by molar-refractivity contribution is 5.36. The summed E-state index contributed by atoms with van der Waals surface area (Å²) in [4.78, 5) is 10.8. The van der Waals surface area contributed by atoms with Crippen molar-refractivity contribution in [3.63, 3.8) is 0 Å². The van der Waals surface area contributed by atoms with E-state index in [1.165, 1.54) is 0 Å². The van der Waals surface area contributed by atoms with Crippen molar-refractivity contribution in [2.45, 2.75) is 34.3 Å². The third-order valence-electron chi connectivity index (χ3n) is 2.33. The Morgan fingerprint density at radius 2 is 1.71 bits per heavy atom. The van der Waals surface area contributed by atoms with Crippen LogP contribution in [0.1, 0.15) is 33.4 Å². The molecule has 0 aromatic carbocycles. The first-order valence-electron chi connectivity index (χ1n) is 6.19. The van der Waals surface area contributed by atoms with Gasteiger partial charge in [0, 0.05) is 13.1 Å². The average Bonchev–Trinajstić information content (AvgIpc) is 2.27. The molecule has 0 fully saturated rings. The molecular weight excluding hydrogens is 214 g/mol. The van der Waals surface area contributed by atoms with Crippen LogP contribution >= 0.6 is 0 Å². The first-order chi connectivity index (χ1) is 8.02. The summed E-state index contributed by atoms with van der Waals surface area (Å²) in [6, 6.07) is 0. The minimum absolute atomic E-state index is 0.0575. The lowest BCUT2D eigenvalue weighted by Gasteiger charge is -2.27. The second-order valence-corrected chi connectivity index (χ2v) is 5.22. The number of anilines is 1. The van der Waals surface area contributed by atoms with E-state index in [0.717, 1.165) is 18.9 Å². The van der Waals surface area contributed by atoms with Crippen LogP contribution in [0.5, 0.6) is 0 Å². The largest absolute Gasteiger partial charge is 0.390 e. The van der Waals surface area contributed by atoms with E-state index in [1.807, 2.05) is 0 Å². The van der Waals surface area contributed by atoms with Gasteiger partial charge in [0.25, 0.3) is 0 Å². The quantitative estimate of drug-likeness (QED) is 0.823. The first kappa shape index (κ1) is 13.9. The second kappa shape index (κ2) is 6.55. The highest BCUT2D eigenvalue weighted by atomic mass is 16.3. The summed E-state index contributed by atoms with van der Waals surface area (Å²) in [6.45, 7) is 10.6. The van der Waals surface area contributed by atoms with Crippen LogP contribution in [0.15, 0.2) is 12.4 Å². The predicted molar refractivity (Wildman–Crippen MR) is 69.8 cm³/mol. The standard InChI is InChI=1S/C13H23N3O/c1-10(2)7-16(8-11(3)4)13-6-14-5-12(9-17)15-13/h5-6,10-11,17H,7-9H2,1-4H3. The molecule has 1 aromatic rings. The van der Waals surface area contributed by atoms with Crippen LogP contribution < -0.4 is 4.90 Å². The molecule has 0 unspecified atom stereocenters. The monoisotopic (exact) mass is 237 g/mol. The lowest BCUT2D eigenvalue weighted by Crippen LogP contribution is -2.32. The van der Waals surface area contributed by atoms with Gasteiger partial charge in [-0.15, -0.1) is 0 Å². The average molecular weight is 237 g/mol. The molecule has 4 heteroatoms. The van der Waals surface area contributed by atoms with Crippen LogP contribution in [-0.4, -0.2) is 28.2 Å². The Kier molecular flexibility index (Phi) is 5.35. The lowest BCUT2D eigenvalue weighted by atomic mass is 10.1. The zero-order chi connectivity index (χ0) is 12.8. The third kappa shape index (κ3) is 4.69. The number of hydrogen-bond donors (Lipinski definition) is 1. The maximum atomic E-state index is 9.09. The smallest absolute Gasteiger partial charge is 0.147 e. The molecule has 1 heterocycles. The highest BCUT2D eigenvalue weighted by Crippen LogP contribution is 2.14. The molecule has 0 aliphatic rings. The van der Waals surface area contributed by atoms with Crippen LogP contribution in [0.25, 0.3) is 0 Å². The lowest BCUT2D eigenvalue weighted by molar-refractivity contribution is 0.276. The summed E-state index contributed by atoms with van der Waals surface area (Å²) in [5.74, 6) is 2.01. The van der Waals surface area contributed by atoms with E-state index in [0.29, 0.717) is 17.5 Å². The molecule has 0 saturated heterocycles. The molecule has 0 saturated carbocycles. The number of aromatic nitrogens is 2. The molecule has 0 spiro atoms. The Morgan fingerprint density at radius 3 is 2.18 bits per heavy atom. The fraction of sp³-hybridized carbons (Fsp3) is 0.692. The zero-order valence-corrected chi connectivity index (χ0v) is 11.2. The van der Waals surface area contributed by atoms with Crippen molar-refractivity contribution in [3.05, 3.63) is 18.1 Å². The molecule has 0 amide bonds. The topological polar surface area (TPSA) is 49.2 Å². The Bertz CT molecular complexity index is 329. The van der Waals surface area contributed by atoms with E-state index < -0.39 is 0 Å². The van der Waals surface area contributed by atoms with Gasteiger partial charge in [-0.05, 0) is 11.8 Å². The van der Waals surface area contributed by atoms with E-state index in [9.17, 15) is 0 Å². The minimum atomic E-state index is -0.0575. The molecule has 4 nitrogen and oxygen atoms in total. The van der Waals surface area contributed by atoms with Crippen molar-refractivity contribution in [1.29, 1.82) is 0 Å². The van der Waals surface area contributed by atoms with Gasteiger partial charge in [-0.2, -0.15) is 0 Å². The SMILES string of the molecule is CC(C)CN(CC(C)C)c1cncc(CO)n1. The van der Waals surface area contributed by atoms with E-state index in [2.05, 4.69) is 42.6 Å². The van der Waals surface area contributed by atoms with Gasteiger partial charge in [-0.1, -0.05) is 27.7 Å². The Balaban J connectivity index is 2.86. The molecule has 1 aromatic heterocycles. The van der Waals surface area contributed by atoms with E-state index in [4.69, 9.17) is 5.11 Å². The van der Waals surface area contributed by atoms with E-state index in [1.54, 1.807) is 12.4 Å². The van der Waals surface area contributed by atoms with Gasteiger partial charge in [-0.3, -0.25) is 4.98 Å². The van der Waals surface area contributed by atoms with Crippen LogP contribution in [0, 0.1) is 11.8 Å². The fourth-order valence-electron chi connectivity index (χ4n) is 1.77. The van der Waals surface area contributed by atoms with Gasteiger partial charge in [0.1, 0.15) is 5.82 Å². The van der Waals surface area contributed by atoms with Gasteiger partial charge >= 0.3 is 0 Å². The fourth-order valence-corrected chi connectivity index (χ4v) is 1.77. The second-order valence-electron chi connectivity index (χ2n) is 5.22. The van der Waals surface area contributed by atoms with Crippen molar-refractivity contribution >= 4 is 5.82 Å². The molecule has 1 N–H and O–H groups in total. The van der Waals surface area contributed by atoms with Gasteiger partial charge in [0.2, 0.25) is 0 Å². The predicted octanol–water partition coefficient (Wildman–Crippen LogP) is 2.09. The normalized spacial score (nSPS) is 11.2. The summed E-state index contributed by atoms with van der Waals surface area (Å²) in [6.07, 6.45) is 3.37. The number of aliphatic hydroxyl groups is 1. The van der Waals surface area contributed by atoms with E-state index in [-0.39, 0.29) is 6.61 Å². The molecule has 1 rings (SSSR count). The summed E-state index contributed by atoms with van der Waals surface area (Å²) < 4.78 is 0. The van der Waals surface area contributed by atoms with Crippen LogP contribution in [0.3, 0.4) is 0 Å². The van der Waals surface area contributed by atoms with Crippen molar-refractivity contribution < 1.29 is 5.11 Å². The van der Waals surface area contributed by atoms with Gasteiger partial charge < -0.3 is 10.0 Å². The molecule has 0 radical (unpaired) electrons. The first-order valence-corrected chi connectivity index (χ1v) is 6.19. The molecule has 96 valence electrons. The number of hydrogen-bond acceptors (Lipinski definition) is 4. The summed E-state index contributed by atoms with van der Waals surface area (Å²) in [7, 11) is 0. The summed E-state index contributed by atoms with van der Waals surface area (Å²) >= 11 is 0. The number of nitrogens with zero attached hydrogens (tertiary/aromatic N) is 3. The summed E-state index contributed by atoms with van der Waals surface area (Å²) in [5, 5.41) is 9.09. The van der Waals surface area contributed by atoms with Crippen molar-refractivity contribution in [1.82, 2.24) is 9.97 Å². The van der Waals surface area contributed by atoms with Gasteiger partial charge in [0.05, 0.1) is 24.7 Å². The molecule has 0 bridgehead atoms. The summed E-state index contributed by atoms with van der Waals surface area (Å²) in [5.41, 5.74) is 0.625. The minimum Gasteiger partial charge on any atom is -0.390 e. The maximum Gasteiger partial charge on any atom is 0.147 e.